The average molecular weight is 519 g/mol. The predicted molar refractivity (Wildman–Crippen MR) is 130 cm³/mol. The molecule has 4 heterocycles. The van der Waals surface area contributed by atoms with Gasteiger partial charge in [-0.25, -0.2) is 23.9 Å². The largest absolute Gasteiger partial charge is 0.509 e. The van der Waals surface area contributed by atoms with Crippen LogP contribution in [0.1, 0.15) is 64.2 Å². The average Bonchev–Trinajstić information content (AvgIpc) is 3.45. The second-order valence-corrected chi connectivity index (χ2v) is 11.3. The number of nitrogens with zero attached hydrogens (tertiary/aromatic N) is 3. The van der Waals surface area contributed by atoms with Gasteiger partial charge in [0, 0.05) is 6.20 Å². The van der Waals surface area contributed by atoms with E-state index in [1.807, 2.05) is 6.92 Å². The fraction of sp³-hybridized carbons (Fsp3) is 0.600. The maximum atomic E-state index is 13.6. The van der Waals surface area contributed by atoms with Crippen LogP contribution in [0.15, 0.2) is 24.4 Å². The SMILES string of the molecule is CCC[N+]12C(=O)[C@H]([C@@H](C)O)[C@@H]1[C@@](C)(OC(=O)OC1CCCCC1)C(c1cn3cncc3s1)=C2C(=O)O. The number of aromatic nitrogens is 2. The van der Waals surface area contributed by atoms with Gasteiger partial charge in [0.05, 0.1) is 35.6 Å². The molecule has 2 fully saturated rings. The molecule has 2 aromatic rings. The number of quaternary nitrogens is 1. The van der Waals surface area contributed by atoms with Gasteiger partial charge >= 0.3 is 18.0 Å². The normalized spacial score (nSPS) is 31.3. The van der Waals surface area contributed by atoms with Crippen LogP contribution in [0.4, 0.5) is 4.79 Å². The Morgan fingerprint density at radius 2 is 2.06 bits per heavy atom. The maximum absolute atomic E-state index is 13.6. The Hall–Kier alpha value is -2.76. The number of hydrogen-bond acceptors (Lipinski definition) is 8. The number of aliphatic hydroxyl groups excluding tert-OH is 1. The van der Waals surface area contributed by atoms with E-state index >= 15 is 0 Å². The summed E-state index contributed by atoms with van der Waals surface area (Å²) in [5.74, 6) is -2.50. The van der Waals surface area contributed by atoms with E-state index in [0.717, 1.165) is 36.9 Å². The number of β-lactam (4-membered cyclic amide) rings is 1. The summed E-state index contributed by atoms with van der Waals surface area (Å²) in [4.78, 5) is 45.1. The molecule has 5 rings (SSSR count). The number of carbonyl (C=O) groups excluding carboxylic acids is 2. The molecule has 1 unspecified atom stereocenters. The summed E-state index contributed by atoms with van der Waals surface area (Å²) < 4.78 is 13.0. The number of ether oxygens (including phenoxy) is 2. The Kier molecular flexibility index (Phi) is 6.20. The molecule has 11 heteroatoms. The van der Waals surface area contributed by atoms with E-state index in [9.17, 15) is 24.6 Å². The summed E-state index contributed by atoms with van der Waals surface area (Å²) in [5.41, 5.74) is -1.34. The maximum Gasteiger partial charge on any atom is 0.509 e. The molecule has 1 saturated carbocycles. The van der Waals surface area contributed by atoms with Crippen molar-refractivity contribution in [3.8, 4) is 0 Å². The van der Waals surface area contributed by atoms with Crippen molar-refractivity contribution in [1.82, 2.24) is 9.38 Å². The first kappa shape index (κ1) is 24.9. The second kappa shape index (κ2) is 8.97. The Morgan fingerprint density at radius 3 is 2.67 bits per heavy atom. The van der Waals surface area contributed by atoms with Gasteiger partial charge in [-0.1, -0.05) is 13.3 Å². The van der Waals surface area contributed by atoms with Crippen LogP contribution in [0.3, 0.4) is 0 Å². The number of aliphatic carboxylic acids is 1. The van der Waals surface area contributed by atoms with Gasteiger partial charge < -0.3 is 19.7 Å². The molecule has 194 valence electrons. The van der Waals surface area contributed by atoms with Gasteiger partial charge in [-0.15, -0.1) is 11.3 Å². The molecule has 1 amide bonds. The third-order valence-electron chi connectivity index (χ3n) is 7.95. The number of hydrogen-bond donors (Lipinski definition) is 2. The van der Waals surface area contributed by atoms with E-state index in [-0.39, 0.29) is 29.8 Å². The van der Waals surface area contributed by atoms with E-state index < -0.39 is 40.3 Å². The van der Waals surface area contributed by atoms with Gasteiger partial charge in [0.1, 0.15) is 10.9 Å². The Bertz CT molecular complexity index is 1210. The smallest absolute Gasteiger partial charge is 0.474 e. The minimum absolute atomic E-state index is 0.103. The highest BCUT2D eigenvalue weighted by Gasteiger charge is 2.81. The molecule has 2 aromatic heterocycles. The van der Waals surface area contributed by atoms with E-state index in [1.54, 1.807) is 30.0 Å². The summed E-state index contributed by atoms with van der Waals surface area (Å²) in [6.07, 6.45) is 7.92. The lowest BCUT2D eigenvalue weighted by molar-refractivity contribution is -0.877. The highest BCUT2D eigenvalue weighted by atomic mass is 32.1. The molecule has 0 aromatic carbocycles. The fourth-order valence-corrected chi connectivity index (χ4v) is 7.74. The lowest BCUT2D eigenvalue weighted by Crippen LogP contribution is -2.79. The number of carboxylic acid groups (broad SMARTS) is 1. The standard InChI is InChI=1S/C25H31N3O7S/c1-4-10-28-20(23(31)32)19(16-12-27-13-26-11-17(27)36-16)25(3,21(28)18(14(2)29)22(28)30)35-24(33)34-15-8-6-5-7-9-15/h11-15,18,21,29H,4-10H2,1-3H3/p+1/t14-,18-,21-,25+,28?/m1/s1. The van der Waals surface area contributed by atoms with E-state index in [0.29, 0.717) is 11.3 Å². The van der Waals surface area contributed by atoms with Gasteiger partial charge in [0.2, 0.25) is 5.70 Å². The van der Waals surface area contributed by atoms with Crippen LogP contribution in [0.25, 0.3) is 10.4 Å². The van der Waals surface area contributed by atoms with Crippen LogP contribution in [-0.2, 0) is 19.1 Å². The minimum atomic E-state index is -1.51. The lowest BCUT2D eigenvalue weighted by atomic mass is 9.72. The number of fused-ring (bicyclic) bond motifs is 2. The van der Waals surface area contributed by atoms with Crippen molar-refractivity contribution in [3.05, 3.63) is 29.3 Å². The van der Waals surface area contributed by atoms with Crippen LogP contribution in [0.2, 0.25) is 0 Å². The minimum Gasteiger partial charge on any atom is -0.474 e. The molecule has 2 aliphatic heterocycles. The van der Waals surface area contributed by atoms with Crippen molar-refractivity contribution >= 4 is 39.8 Å². The van der Waals surface area contributed by atoms with Crippen LogP contribution in [-0.4, -0.2) is 72.5 Å². The second-order valence-electron chi connectivity index (χ2n) is 10.2. The van der Waals surface area contributed by atoms with Crippen molar-refractivity contribution in [3.63, 3.8) is 0 Å². The highest BCUT2D eigenvalue weighted by Crippen LogP contribution is 2.60. The van der Waals surface area contributed by atoms with Gasteiger partial charge in [-0.05, 0) is 46.0 Å². The molecule has 10 nitrogen and oxygen atoms in total. The molecule has 5 atom stereocenters. The first-order valence-corrected chi connectivity index (χ1v) is 13.4. The number of thiazole rings is 1. The van der Waals surface area contributed by atoms with Crippen molar-refractivity contribution in [2.45, 2.75) is 83.1 Å². The van der Waals surface area contributed by atoms with Crippen molar-refractivity contribution in [2.75, 3.05) is 6.54 Å². The molecule has 0 bridgehead atoms. The molecule has 2 N–H and O–H groups in total. The fourth-order valence-electron chi connectivity index (χ4n) is 6.63. The predicted octanol–water partition coefficient (Wildman–Crippen LogP) is 3.58. The number of rotatable bonds is 7. The first-order valence-electron chi connectivity index (χ1n) is 12.6. The number of amides is 1. The van der Waals surface area contributed by atoms with Crippen molar-refractivity contribution in [2.24, 2.45) is 5.92 Å². The Labute approximate surface area is 212 Å². The zero-order valence-corrected chi connectivity index (χ0v) is 21.5. The molecular weight excluding hydrogens is 486 g/mol. The number of carboxylic acids is 1. The molecule has 3 aliphatic rings. The van der Waals surface area contributed by atoms with Crippen LogP contribution in [0.5, 0.6) is 0 Å². The Balaban J connectivity index is 1.66. The van der Waals surface area contributed by atoms with E-state index in [1.165, 1.54) is 18.3 Å². The van der Waals surface area contributed by atoms with Gasteiger partial charge in [0.15, 0.2) is 17.6 Å². The summed E-state index contributed by atoms with van der Waals surface area (Å²) >= 11 is 1.31. The molecule has 0 spiro atoms. The third-order valence-corrected chi connectivity index (χ3v) is 9.00. The quantitative estimate of drug-likeness (QED) is 0.323. The molecular formula is C25H32N3O7S+. The number of aliphatic hydroxyl groups is 1. The van der Waals surface area contributed by atoms with Gasteiger partial charge in [-0.3, -0.25) is 4.40 Å². The highest BCUT2D eigenvalue weighted by molar-refractivity contribution is 7.18. The molecule has 1 saturated heterocycles. The van der Waals surface area contributed by atoms with Crippen LogP contribution < -0.4 is 0 Å². The van der Waals surface area contributed by atoms with Crippen LogP contribution in [0, 0.1) is 5.92 Å². The molecule has 0 radical (unpaired) electrons. The van der Waals surface area contributed by atoms with Crippen molar-refractivity contribution in [1.29, 1.82) is 0 Å². The third kappa shape index (κ3) is 3.51. The van der Waals surface area contributed by atoms with Gasteiger partial charge in [-0.2, -0.15) is 0 Å². The summed E-state index contributed by atoms with van der Waals surface area (Å²) in [7, 11) is 0. The monoisotopic (exact) mass is 518 g/mol. The lowest BCUT2D eigenvalue weighted by Gasteiger charge is -2.54. The van der Waals surface area contributed by atoms with Crippen LogP contribution >= 0.6 is 11.3 Å². The number of imidazole rings is 1. The first-order chi connectivity index (χ1) is 17.1. The molecule has 1 aliphatic carbocycles. The van der Waals surface area contributed by atoms with Crippen molar-refractivity contribution < 1.29 is 38.6 Å². The van der Waals surface area contributed by atoms with E-state index in [4.69, 9.17) is 9.47 Å². The summed E-state index contributed by atoms with van der Waals surface area (Å²) in [6, 6.07) is -0.787. The van der Waals surface area contributed by atoms with Gasteiger partial charge in [0.25, 0.3) is 0 Å². The molecule has 36 heavy (non-hydrogen) atoms. The number of carbonyl (C=O) groups is 3. The van der Waals surface area contributed by atoms with E-state index in [2.05, 4.69) is 4.98 Å². The Morgan fingerprint density at radius 1 is 1.33 bits per heavy atom. The zero-order valence-electron chi connectivity index (χ0n) is 20.7. The summed E-state index contributed by atoms with van der Waals surface area (Å²) in [6.45, 7) is 5.27. The zero-order chi connectivity index (χ0) is 25.8. The topological polar surface area (TPSA) is 127 Å². The summed E-state index contributed by atoms with van der Waals surface area (Å²) in [5, 5.41) is 21.1.